The van der Waals surface area contributed by atoms with Gasteiger partial charge in [-0.15, -0.1) is 0 Å². The van der Waals surface area contributed by atoms with Crippen molar-refractivity contribution in [3.05, 3.63) is 33.3 Å². The van der Waals surface area contributed by atoms with Crippen LogP contribution in [-0.4, -0.2) is 0 Å². The standard InChI is InChI=1S/C9H6FIO/c1-5-4-6-8(11)3-2-7(10)9(6)12-5/h2-4H,1H3. The van der Waals surface area contributed by atoms with Crippen molar-refractivity contribution in [1.29, 1.82) is 0 Å². The van der Waals surface area contributed by atoms with E-state index in [0.29, 0.717) is 5.58 Å². The van der Waals surface area contributed by atoms with E-state index in [1.807, 2.05) is 13.0 Å². The van der Waals surface area contributed by atoms with Crippen molar-refractivity contribution in [2.45, 2.75) is 6.92 Å². The molecule has 1 nitrogen and oxygen atoms in total. The molecule has 0 radical (unpaired) electrons. The van der Waals surface area contributed by atoms with E-state index < -0.39 is 0 Å². The number of rotatable bonds is 0. The van der Waals surface area contributed by atoms with Gasteiger partial charge in [-0.1, -0.05) is 0 Å². The minimum absolute atomic E-state index is 0.293. The number of hydrogen-bond donors (Lipinski definition) is 0. The van der Waals surface area contributed by atoms with Crippen molar-refractivity contribution in [3.8, 4) is 0 Å². The summed E-state index contributed by atoms with van der Waals surface area (Å²) in [6.07, 6.45) is 0. The number of benzene rings is 1. The summed E-state index contributed by atoms with van der Waals surface area (Å²) in [6.45, 7) is 1.82. The number of aryl methyl sites for hydroxylation is 1. The summed E-state index contributed by atoms with van der Waals surface area (Å²) in [6, 6.07) is 5.01. The Hall–Kier alpha value is -0.580. The SMILES string of the molecule is Cc1cc2c(I)ccc(F)c2o1. The van der Waals surface area contributed by atoms with Crippen LogP contribution in [0.2, 0.25) is 0 Å². The van der Waals surface area contributed by atoms with E-state index in [4.69, 9.17) is 4.42 Å². The van der Waals surface area contributed by atoms with Crippen LogP contribution < -0.4 is 0 Å². The van der Waals surface area contributed by atoms with Gasteiger partial charge in [0.1, 0.15) is 5.76 Å². The Labute approximate surface area is 82.7 Å². The molecule has 0 bridgehead atoms. The predicted molar refractivity (Wildman–Crippen MR) is 53.6 cm³/mol. The minimum Gasteiger partial charge on any atom is -0.458 e. The zero-order chi connectivity index (χ0) is 8.72. The molecule has 0 amide bonds. The highest BCUT2D eigenvalue weighted by Gasteiger charge is 2.08. The lowest BCUT2D eigenvalue weighted by molar-refractivity contribution is 0.538. The summed E-state index contributed by atoms with van der Waals surface area (Å²) in [7, 11) is 0. The molecular formula is C9H6FIO. The van der Waals surface area contributed by atoms with Gasteiger partial charge >= 0.3 is 0 Å². The van der Waals surface area contributed by atoms with Crippen molar-refractivity contribution < 1.29 is 8.81 Å². The molecule has 0 fully saturated rings. The van der Waals surface area contributed by atoms with Gasteiger partial charge in [-0.2, -0.15) is 0 Å². The first-order valence-corrected chi connectivity index (χ1v) is 4.60. The summed E-state index contributed by atoms with van der Waals surface area (Å²) in [5.74, 6) is 0.450. The Balaban J connectivity index is 2.93. The quantitative estimate of drug-likeness (QED) is 0.671. The maximum Gasteiger partial charge on any atom is 0.170 e. The van der Waals surface area contributed by atoms with Crippen LogP contribution in [-0.2, 0) is 0 Å². The Morgan fingerprint density at radius 2 is 2.17 bits per heavy atom. The molecule has 0 saturated heterocycles. The second-order valence-electron chi connectivity index (χ2n) is 2.63. The second kappa shape index (κ2) is 2.73. The highest BCUT2D eigenvalue weighted by molar-refractivity contribution is 14.1. The van der Waals surface area contributed by atoms with E-state index in [9.17, 15) is 4.39 Å². The normalized spacial score (nSPS) is 10.9. The monoisotopic (exact) mass is 276 g/mol. The minimum atomic E-state index is -0.293. The van der Waals surface area contributed by atoms with Gasteiger partial charge in [-0.25, -0.2) is 4.39 Å². The van der Waals surface area contributed by atoms with Gasteiger partial charge in [0, 0.05) is 8.96 Å². The predicted octanol–water partition coefficient (Wildman–Crippen LogP) is 3.48. The maximum absolute atomic E-state index is 13.1. The van der Waals surface area contributed by atoms with E-state index in [2.05, 4.69) is 22.6 Å². The Morgan fingerprint density at radius 3 is 2.83 bits per heavy atom. The van der Waals surface area contributed by atoms with E-state index >= 15 is 0 Å². The molecule has 62 valence electrons. The largest absolute Gasteiger partial charge is 0.458 e. The molecule has 2 aromatic rings. The van der Waals surface area contributed by atoms with Gasteiger partial charge in [0.25, 0.3) is 0 Å². The van der Waals surface area contributed by atoms with Crippen LogP contribution in [0.1, 0.15) is 5.76 Å². The van der Waals surface area contributed by atoms with Gasteiger partial charge in [0.2, 0.25) is 0 Å². The molecule has 3 heteroatoms. The first kappa shape index (κ1) is 8.04. The number of furan rings is 1. The number of halogens is 2. The summed E-state index contributed by atoms with van der Waals surface area (Å²) in [5, 5.41) is 0.855. The molecule has 0 saturated carbocycles. The zero-order valence-electron chi connectivity index (χ0n) is 6.40. The number of fused-ring (bicyclic) bond motifs is 1. The van der Waals surface area contributed by atoms with E-state index in [-0.39, 0.29) is 5.82 Å². The van der Waals surface area contributed by atoms with Crippen molar-refractivity contribution in [2.24, 2.45) is 0 Å². The fourth-order valence-electron chi connectivity index (χ4n) is 1.18. The van der Waals surface area contributed by atoms with Crippen molar-refractivity contribution >= 4 is 33.6 Å². The van der Waals surface area contributed by atoms with E-state index in [1.165, 1.54) is 6.07 Å². The van der Waals surface area contributed by atoms with Gasteiger partial charge in [0.15, 0.2) is 11.4 Å². The Morgan fingerprint density at radius 1 is 1.42 bits per heavy atom. The van der Waals surface area contributed by atoms with Gasteiger partial charge < -0.3 is 4.42 Å². The van der Waals surface area contributed by atoms with Crippen LogP contribution in [0.4, 0.5) is 4.39 Å². The first-order chi connectivity index (χ1) is 5.68. The molecule has 0 atom stereocenters. The molecule has 0 spiro atoms. The van der Waals surface area contributed by atoms with Crippen LogP contribution in [0.15, 0.2) is 22.6 Å². The molecule has 0 unspecified atom stereocenters. The summed E-state index contributed by atoms with van der Waals surface area (Å²) >= 11 is 2.16. The van der Waals surface area contributed by atoms with Crippen molar-refractivity contribution in [2.75, 3.05) is 0 Å². The van der Waals surface area contributed by atoms with Gasteiger partial charge in [-0.3, -0.25) is 0 Å². The Bertz CT molecular complexity index is 394. The zero-order valence-corrected chi connectivity index (χ0v) is 8.55. The van der Waals surface area contributed by atoms with Crippen LogP contribution >= 0.6 is 22.6 Å². The molecular weight excluding hydrogens is 270 g/mol. The molecule has 2 rings (SSSR count). The highest BCUT2D eigenvalue weighted by Crippen LogP contribution is 2.26. The smallest absolute Gasteiger partial charge is 0.170 e. The Kier molecular flexibility index (Phi) is 1.83. The average molecular weight is 276 g/mol. The molecule has 0 aliphatic heterocycles. The molecule has 1 heterocycles. The lowest BCUT2D eigenvalue weighted by atomic mass is 10.2. The summed E-state index contributed by atoms with van der Waals surface area (Å²) < 4.78 is 19.3. The fourth-order valence-corrected chi connectivity index (χ4v) is 1.76. The molecule has 0 aliphatic carbocycles. The summed E-state index contributed by atoms with van der Waals surface area (Å²) in [4.78, 5) is 0. The first-order valence-electron chi connectivity index (χ1n) is 3.52. The second-order valence-corrected chi connectivity index (χ2v) is 3.79. The van der Waals surface area contributed by atoms with Gasteiger partial charge in [0.05, 0.1) is 0 Å². The lowest BCUT2D eigenvalue weighted by Crippen LogP contribution is -1.76. The fraction of sp³-hybridized carbons (Fsp3) is 0.111. The third-order valence-corrected chi connectivity index (χ3v) is 2.65. The molecule has 0 N–H and O–H groups in total. The van der Waals surface area contributed by atoms with Crippen LogP contribution in [0.25, 0.3) is 11.0 Å². The molecule has 1 aromatic carbocycles. The van der Waals surface area contributed by atoms with Gasteiger partial charge in [-0.05, 0) is 47.7 Å². The maximum atomic E-state index is 13.1. The lowest BCUT2D eigenvalue weighted by Gasteiger charge is -1.92. The third kappa shape index (κ3) is 1.12. The molecule has 0 aliphatic rings. The molecule has 1 aromatic heterocycles. The number of hydrogen-bond acceptors (Lipinski definition) is 1. The highest BCUT2D eigenvalue weighted by atomic mass is 127. The third-order valence-electron chi connectivity index (χ3n) is 1.71. The topological polar surface area (TPSA) is 13.1 Å². The van der Waals surface area contributed by atoms with E-state index in [1.54, 1.807) is 6.07 Å². The molecule has 12 heavy (non-hydrogen) atoms. The summed E-state index contributed by atoms with van der Waals surface area (Å²) in [5.41, 5.74) is 0.361. The van der Waals surface area contributed by atoms with Crippen molar-refractivity contribution in [3.63, 3.8) is 0 Å². The van der Waals surface area contributed by atoms with Crippen LogP contribution in [0.3, 0.4) is 0 Å². The van der Waals surface area contributed by atoms with E-state index in [0.717, 1.165) is 14.7 Å². The average Bonchev–Trinajstić information content (AvgIpc) is 2.41. The van der Waals surface area contributed by atoms with Crippen LogP contribution in [0, 0.1) is 16.3 Å². The van der Waals surface area contributed by atoms with Crippen LogP contribution in [0.5, 0.6) is 0 Å². The van der Waals surface area contributed by atoms with Crippen molar-refractivity contribution in [1.82, 2.24) is 0 Å².